The molecule has 2 nitrogen and oxygen atoms in total. The minimum absolute atomic E-state index is 0.318. The largest absolute Gasteiger partial charge is 0.466 e. The zero-order valence-corrected chi connectivity index (χ0v) is 17.9. The zero-order chi connectivity index (χ0) is 21.2. The number of methoxy groups -OCH3 is 1. The second kappa shape index (κ2) is 8.55. The number of fused-ring (bicyclic) bond motifs is 2. The van der Waals surface area contributed by atoms with Crippen molar-refractivity contribution in [2.45, 2.75) is 31.1 Å². The Morgan fingerprint density at radius 1 is 0.839 bits per heavy atom. The summed E-state index contributed by atoms with van der Waals surface area (Å²) in [6.07, 6.45) is 7.47. The molecule has 2 fully saturated rings. The number of benzene rings is 3. The van der Waals surface area contributed by atoms with Crippen molar-refractivity contribution >= 4 is 12.0 Å². The maximum Gasteiger partial charge on any atom is 0.330 e. The van der Waals surface area contributed by atoms with Gasteiger partial charge in [0.15, 0.2) is 0 Å². The van der Waals surface area contributed by atoms with Gasteiger partial charge in [-0.05, 0) is 76.8 Å². The standard InChI is InChI=1S/C29H28O2/c1-31-27(30)18-17-25-24(20-9-4-2-5-10-20)13-8-14-26(25)29-23-16-15-22(19-23)28(29)21-11-6-3-7-12-21/h2-14,17-18,22-23,28-29H,15-16,19H2,1H3/b18-17+/t22-,23+,28-,29+/m0/s1. The summed E-state index contributed by atoms with van der Waals surface area (Å²) in [6, 6.07) is 28.1. The fourth-order valence-electron chi connectivity index (χ4n) is 6.04. The van der Waals surface area contributed by atoms with Gasteiger partial charge < -0.3 is 4.74 Å². The first kappa shape index (κ1) is 19.8. The van der Waals surface area contributed by atoms with Gasteiger partial charge >= 0.3 is 5.97 Å². The number of hydrogen-bond acceptors (Lipinski definition) is 2. The van der Waals surface area contributed by atoms with Crippen molar-refractivity contribution in [1.29, 1.82) is 0 Å². The lowest BCUT2D eigenvalue weighted by Gasteiger charge is -2.33. The molecule has 31 heavy (non-hydrogen) atoms. The fourth-order valence-corrected chi connectivity index (χ4v) is 6.04. The van der Waals surface area contributed by atoms with Gasteiger partial charge in [0.2, 0.25) is 0 Å². The number of carbonyl (C=O) groups is 1. The summed E-state index contributed by atoms with van der Waals surface area (Å²) in [5.74, 6) is 2.14. The summed E-state index contributed by atoms with van der Waals surface area (Å²) in [5.41, 5.74) is 6.31. The molecule has 2 aliphatic carbocycles. The van der Waals surface area contributed by atoms with E-state index in [1.165, 1.54) is 48.6 Å². The van der Waals surface area contributed by atoms with Crippen LogP contribution in [0.15, 0.2) is 84.9 Å². The summed E-state index contributed by atoms with van der Waals surface area (Å²) in [7, 11) is 1.43. The molecule has 0 aromatic heterocycles. The summed E-state index contributed by atoms with van der Waals surface area (Å²) in [5, 5.41) is 0. The molecule has 0 amide bonds. The third-order valence-corrected chi connectivity index (χ3v) is 7.27. The van der Waals surface area contributed by atoms with Gasteiger partial charge in [-0.2, -0.15) is 0 Å². The summed E-state index contributed by atoms with van der Waals surface area (Å²) < 4.78 is 4.90. The molecule has 2 saturated carbocycles. The Kier molecular flexibility index (Phi) is 5.46. The maximum atomic E-state index is 12.0. The molecular formula is C29H28O2. The molecule has 0 aliphatic heterocycles. The Balaban J connectivity index is 1.66. The molecule has 3 aromatic rings. The van der Waals surface area contributed by atoms with Crippen molar-refractivity contribution in [1.82, 2.24) is 0 Å². The first-order valence-corrected chi connectivity index (χ1v) is 11.3. The van der Waals surface area contributed by atoms with E-state index in [0.29, 0.717) is 17.8 Å². The van der Waals surface area contributed by atoms with E-state index in [1.807, 2.05) is 12.1 Å². The Bertz CT molecular complexity index is 1080. The molecular weight excluding hydrogens is 380 g/mol. The second-order valence-electron chi connectivity index (χ2n) is 8.83. The van der Waals surface area contributed by atoms with Gasteiger partial charge in [-0.25, -0.2) is 4.79 Å². The van der Waals surface area contributed by atoms with Crippen molar-refractivity contribution in [2.24, 2.45) is 11.8 Å². The lowest BCUT2D eigenvalue weighted by Crippen LogP contribution is -2.20. The van der Waals surface area contributed by atoms with Crippen LogP contribution in [-0.4, -0.2) is 13.1 Å². The average molecular weight is 409 g/mol. The van der Waals surface area contributed by atoms with E-state index in [4.69, 9.17) is 4.74 Å². The van der Waals surface area contributed by atoms with Gasteiger partial charge in [-0.1, -0.05) is 78.9 Å². The molecule has 2 heteroatoms. The Morgan fingerprint density at radius 2 is 1.52 bits per heavy atom. The van der Waals surface area contributed by atoms with Crippen molar-refractivity contribution < 1.29 is 9.53 Å². The highest BCUT2D eigenvalue weighted by Crippen LogP contribution is 2.61. The molecule has 0 spiro atoms. The number of hydrogen-bond donors (Lipinski definition) is 0. The molecule has 3 aromatic carbocycles. The van der Waals surface area contributed by atoms with Crippen molar-refractivity contribution in [3.8, 4) is 11.1 Å². The summed E-state index contributed by atoms with van der Waals surface area (Å²) in [4.78, 5) is 12.0. The normalized spacial score (nSPS) is 24.5. The molecule has 2 aliphatic rings. The average Bonchev–Trinajstić information content (AvgIpc) is 3.45. The van der Waals surface area contributed by atoms with E-state index in [2.05, 4.69) is 72.8 Å². The molecule has 5 rings (SSSR count). The van der Waals surface area contributed by atoms with E-state index >= 15 is 0 Å². The fraction of sp³-hybridized carbons (Fsp3) is 0.276. The van der Waals surface area contributed by atoms with Gasteiger partial charge in [0, 0.05) is 6.08 Å². The third-order valence-electron chi connectivity index (χ3n) is 7.27. The highest BCUT2D eigenvalue weighted by Gasteiger charge is 2.49. The highest BCUT2D eigenvalue weighted by molar-refractivity contribution is 5.90. The minimum Gasteiger partial charge on any atom is -0.466 e. The van der Waals surface area contributed by atoms with Crippen LogP contribution in [0.2, 0.25) is 0 Å². The van der Waals surface area contributed by atoms with Crippen molar-refractivity contribution in [3.63, 3.8) is 0 Å². The predicted octanol–water partition coefficient (Wildman–Crippen LogP) is 6.84. The summed E-state index contributed by atoms with van der Waals surface area (Å²) >= 11 is 0. The SMILES string of the molecule is COC(=O)/C=C/c1c(-c2ccccc2)cccc1[C@H]1[C@@H]2CC[C@@H](C2)[C@@H]1c1ccccc1. The van der Waals surface area contributed by atoms with Crippen LogP contribution in [0.5, 0.6) is 0 Å². The van der Waals surface area contributed by atoms with Gasteiger partial charge in [-0.15, -0.1) is 0 Å². The first-order valence-electron chi connectivity index (χ1n) is 11.3. The van der Waals surface area contributed by atoms with E-state index in [1.54, 1.807) is 6.08 Å². The van der Waals surface area contributed by atoms with Crippen molar-refractivity contribution in [3.05, 3.63) is 102 Å². The van der Waals surface area contributed by atoms with Gasteiger partial charge in [0.25, 0.3) is 0 Å². The molecule has 0 N–H and O–H groups in total. The Labute approximate surface area is 184 Å². The molecule has 2 bridgehead atoms. The molecule has 4 atom stereocenters. The van der Waals surface area contributed by atoms with E-state index in [0.717, 1.165) is 11.5 Å². The number of esters is 1. The smallest absolute Gasteiger partial charge is 0.330 e. The molecule has 0 unspecified atom stereocenters. The van der Waals surface area contributed by atoms with Crippen molar-refractivity contribution in [2.75, 3.05) is 7.11 Å². The van der Waals surface area contributed by atoms with Crippen LogP contribution < -0.4 is 0 Å². The monoisotopic (exact) mass is 408 g/mol. The van der Waals surface area contributed by atoms with Crippen LogP contribution in [0.25, 0.3) is 17.2 Å². The first-order chi connectivity index (χ1) is 15.3. The van der Waals surface area contributed by atoms with Crippen LogP contribution in [0.1, 0.15) is 47.8 Å². The molecule has 156 valence electrons. The van der Waals surface area contributed by atoms with E-state index < -0.39 is 0 Å². The molecule has 0 heterocycles. The van der Waals surface area contributed by atoms with Crippen LogP contribution >= 0.6 is 0 Å². The van der Waals surface area contributed by atoms with Gasteiger partial charge in [0.1, 0.15) is 0 Å². The van der Waals surface area contributed by atoms with Gasteiger partial charge in [0.05, 0.1) is 7.11 Å². The van der Waals surface area contributed by atoms with Crippen LogP contribution in [-0.2, 0) is 9.53 Å². The number of carbonyl (C=O) groups excluding carboxylic acids is 1. The lowest BCUT2D eigenvalue weighted by molar-refractivity contribution is -0.134. The van der Waals surface area contributed by atoms with E-state index in [-0.39, 0.29) is 5.97 Å². The Hall–Kier alpha value is -3.13. The van der Waals surface area contributed by atoms with Crippen LogP contribution in [0.4, 0.5) is 0 Å². The molecule has 0 radical (unpaired) electrons. The third kappa shape index (κ3) is 3.72. The number of ether oxygens (including phenoxy) is 1. The van der Waals surface area contributed by atoms with E-state index in [9.17, 15) is 4.79 Å². The maximum absolute atomic E-state index is 12.0. The summed E-state index contributed by atoms with van der Waals surface area (Å²) in [6.45, 7) is 0. The number of rotatable bonds is 5. The second-order valence-corrected chi connectivity index (χ2v) is 8.83. The van der Waals surface area contributed by atoms with Crippen LogP contribution in [0.3, 0.4) is 0 Å². The van der Waals surface area contributed by atoms with Crippen LogP contribution in [0, 0.1) is 11.8 Å². The quantitative estimate of drug-likeness (QED) is 0.341. The lowest BCUT2D eigenvalue weighted by atomic mass is 9.70. The minimum atomic E-state index is -0.318. The van der Waals surface area contributed by atoms with Gasteiger partial charge in [-0.3, -0.25) is 0 Å². The highest BCUT2D eigenvalue weighted by atomic mass is 16.5. The zero-order valence-electron chi connectivity index (χ0n) is 17.9. The molecule has 0 saturated heterocycles. The topological polar surface area (TPSA) is 26.3 Å². The predicted molar refractivity (Wildman–Crippen MR) is 126 cm³/mol. The Morgan fingerprint density at radius 3 is 2.23 bits per heavy atom.